The first-order valence-electron chi connectivity index (χ1n) is 7.55. The minimum absolute atomic E-state index is 0.00110. The summed E-state index contributed by atoms with van der Waals surface area (Å²) in [5, 5.41) is 3.79. The number of ether oxygens (including phenoxy) is 1. The molecule has 0 aromatic carbocycles. The summed E-state index contributed by atoms with van der Waals surface area (Å²) >= 11 is 0. The second kappa shape index (κ2) is 6.38. The van der Waals surface area contributed by atoms with Crippen molar-refractivity contribution in [3.8, 4) is 0 Å². The minimum atomic E-state index is -0.00110. The Hall–Kier alpha value is -0.0800. The molecule has 2 atom stereocenters. The normalized spacial score (nSPS) is 26.3. The lowest BCUT2D eigenvalue weighted by molar-refractivity contribution is 0.0135. The van der Waals surface area contributed by atoms with Crippen molar-refractivity contribution in [3.63, 3.8) is 0 Å². The van der Waals surface area contributed by atoms with Gasteiger partial charge in [-0.1, -0.05) is 33.6 Å². The molecule has 1 aliphatic rings. The van der Waals surface area contributed by atoms with E-state index < -0.39 is 0 Å². The molecule has 1 fully saturated rings. The van der Waals surface area contributed by atoms with E-state index >= 15 is 0 Å². The van der Waals surface area contributed by atoms with Crippen LogP contribution in [0.1, 0.15) is 66.7 Å². The molecule has 2 nitrogen and oxygen atoms in total. The maximum Gasteiger partial charge on any atom is 0.0634 e. The predicted molar refractivity (Wildman–Crippen MR) is 78.9 cm³/mol. The fraction of sp³-hybridized carbons (Fsp3) is 1.00. The van der Waals surface area contributed by atoms with E-state index in [1.807, 2.05) is 0 Å². The average Bonchev–Trinajstić information content (AvgIpc) is 2.28. The van der Waals surface area contributed by atoms with Gasteiger partial charge in [0.2, 0.25) is 0 Å². The van der Waals surface area contributed by atoms with Crippen LogP contribution in [-0.2, 0) is 4.74 Å². The van der Waals surface area contributed by atoms with Crippen molar-refractivity contribution < 1.29 is 4.74 Å². The summed E-state index contributed by atoms with van der Waals surface area (Å²) in [6.07, 6.45) is 6.60. The second-order valence-electron chi connectivity index (χ2n) is 7.53. The number of methoxy groups -OCH3 is 1. The van der Waals surface area contributed by atoms with Crippen LogP contribution in [0.3, 0.4) is 0 Å². The Kier molecular flexibility index (Phi) is 5.67. The molecule has 0 amide bonds. The van der Waals surface area contributed by atoms with E-state index in [2.05, 4.69) is 39.9 Å². The zero-order valence-corrected chi connectivity index (χ0v) is 13.3. The van der Waals surface area contributed by atoms with E-state index in [1.165, 1.54) is 25.7 Å². The van der Waals surface area contributed by atoms with Gasteiger partial charge in [0, 0.05) is 13.2 Å². The van der Waals surface area contributed by atoms with Crippen molar-refractivity contribution in [2.75, 3.05) is 13.7 Å². The molecule has 0 aromatic rings. The lowest BCUT2D eigenvalue weighted by Gasteiger charge is -2.41. The maximum absolute atomic E-state index is 5.48. The largest absolute Gasteiger partial charge is 0.379 e. The lowest BCUT2D eigenvalue weighted by atomic mass is 9.69. The van der Waals surface area contributed by atoms with E-state index in [0.717, 1.165) is 18.9 Å². The van der Waals surface area contributed by atoms with Gasteiger partial charge in [0.05, 0.1) is 5.60 Å². The van der Waals surface area contributed by atoms with E-state index in [0.29, 0.717) is 11.5 Å². The molecule has 0 heterocycles. The Labute approximate surface area is 114 Å². The summed E-state index contributed by atoms with van der Waals surface area (Å²) in [5.41, 5.74) is 0.424. The van der Waals surface area contributed by atoms with Gasteiger partial charge < -0.3 is 10.1 Å². The molecule has 0 saturated heterocycles. The number of rotatable bonds is 5. The van der Waals surface area contributed by atoms with Crippen LogP contribution in [0.15, 0.2) is 0 Å². The Bertz CT molecular complexity index is 242. The van der Waals surface area contributed by atoms with Gasteiger partial charge in [0.1, 0.15) is 0 Å². The van der Waals surface area contributed by atoms with Crippen molar-refractivity contribution >= 4 is 0 Å². The zero-order chi connectivity index (χ0) is 13.8. The number of nitrogens with one attached hydrogen (secondary N) is 1. The molecule has 0 aliphatic heterocycles. The SMILES string of the molecule is COC(C)(C)CCNC1CCCCC1C(C)(C)C. The quantitative estimate of drug-likeness (QED) is 0.802. The van der Waals surface area contributed by atoms with Gasteiger partial charge in [0.15, 0.2) is 0 Å². The van der Waals surface area contributed by atoms with Gasteiger partial charge >= 0.3 is 0 Å². The molecule has 18 heavy (non-hydrogen) atoms. The molecule has 2 unspecified atom stereocenters. The van der Waals surface area contributed by atoms with E-state index in [1.54, 1.807) is 7.11 Å². The summed E-state index contributed by atoms with van der Waals surface area (Å²) < 4.78 is 5.48. The molecule has 1 saturated carbocycles. The number of hydrogen-bond donors (Lipinski definition) is 1. The molecular formula is C16H33NO. The first-order chi connectivity index (χ1) is 8.26. The Morgan fingerprint density at radius 3 is 2.22 bits per heavy atom. The van der Waals surface area contributed by atoms with Gasteiger partial charge in [0.25, 0.3) is 0 Å². The fourth-order valence-electron chi connectivity index (χ4n) is 3.07. The third kappa shape index (κ3) is 4.89. The molecule has 0 spiro atoms. The van der Waals surface area contributed by atoms with Crippen molar-refractivity contribution in [3.05, 3.63) is 0 Å². The third-order valence-corrected chi connectivity index (χ3v) is 4.56. The first kappa shape index (κ1) is 16.0. The highest BCUT2D eigenvalue weighted by Crippen LogP contribution is 2.38. The Morgan fingerprint density at radius 1 is 1.06 bits per heavy atom. The molecule has 2 heteroatoms. The van der Waals surface area contributed by atoms with Crippen LogP contribution in [0.5, 0.6) is 0 Å². The van der Waals surface area contributed by atoms with E-state index in [4.69, 9.17) is 4.74 Å². The molecule has 0 bridgehead atoms. The minimum Gasteiger partial charge on any atom is -0.379 e. The van der Waals surface area contributed by atoms with Crippen LogP contribution in [0, 0.1) is 11.3 Å². The lowest BCUT2D eigenvalue weighted by Crippen LogP contribution is -2.45. The van der Waals surface area contributed by atoms with Crippen molar-refractivity contribution in [1.29, 1.82) is 0 Å². The summed E-state index contributed by atoms with van der Waals surface area (Å²) in [7, 11) is 1.80. The highest BCUT2D eigenvalue weighted by molar-refractivity contribution is 4.88. The summed E-state index contributed by atoms with van der Waals surface area (Å²) in [4.78, 5) is 0. The highest BCUT2D eigenvalue weighted by atomic mass is 16.5. The van der Waals surface area contributed by atoms with Gasteiger partial charge in [-0.2, -0.15) is 0 Å². The monoisotopic (exact) mass is 255 g/mol. The van der Waals surface area contributed by atoms with Crippen LogP contribution in [0.4, 0.5) is 0 Å². The average molecular weight is 255 g/mol. The van der Waals surface area contributed by atoms with Crippen LogP contribution in [0.25, 0.3) is 0 Å². The first-order valence-corrected chi connectivity index (χ1v) is 7.55. The van der Waals surface area contributed by atoms with Gasteiger partial charge in [-0.05, 0) is 51.0 Å². The zero-order valence-electron chi connectivity index (χ0n) is 13.3. The van der Waals surface area contributed by atoms with Crippen LogP contribution >= 0.6 is 0 Å². The summed E-state index contributed by atoms with van der Waals surface area (Å²) in [6.45, 7) is 12.6. The Morgan fingerprint density at radius 2 is 1.67 bits per heavy atom. The smallest absolute Gasteiger partial charge is 0.0634 e. The summed E-state index contributed by atoms with van der Waals surface area (Å²) in [6, 6.07) is 0.700. The van der Waals surface area contributed by atoms with Crippen LogP contribution in [0.2, 0.25) is 0 Å². The second-order valence-corrected chi connectivity index (χ2v) is 7.53. The molecular weight excluding hydrogens is 222 g/mol. The maximum atomic E-state index is 5.48. The topological polar surface area (TPSA) is 21.3 Å². The highest BCUT2D eigenvalue weighted by Gasteiger charge is 2.33. The van der Waals surface area contributed by atoms with Gasteiger partial charge in [-0.15, -0.1) is 0 Å². The van der Waals surface area contributed by atoms with Gasteiger partial charge in [-0.3, -0.25) is 0 Å². The summed E-state index contributed by atoms with van der Waals surface area (Å²) in [5.74, 6) is 0.817. The third-order valence-electron chi connectivity index (χ3n) is 4.56. The standard InChI is InChI=1S/C16H33NO/c1-15(2,3)13-9-7-8-10-14(13)17-12-11-16(4,5)18-6/h13-14,17H,7-12H2,1-6H3. The van der Waals surface area contributed by atoms with Gasteiger partial charge in [-0.25, -0.2) is 0 Å². The fourth-order valence-corrected chi connectivity index (χ4v) is 3.07. The number of hydrogen-bond acceptors (Lipinski definition) is 2. The van der Waals surface area contributed by atoms with Crippen LogP contribution < -0.4 is 5.32 Å². The molecule has 1 rings (SSSR count). The van der Waals surface area contributed by atoms with Crippen molar-refractivity contribution in [2.24, 2.45) is 11.3 Å². The Balaban J connectivity index is 2.43. The van der Waals surface area contributed by atoms with Crippen molar-refractivity contribution in [2.45, 2.75) is 78.4 Å². The molecule has 0 radical (unpaired) electrons. The van der Waals surface area contributed by atoms with Crippen LogP contribution in [-0.4, -0.2) is 25.3 Å². The molecule has 1 aliphatic carbocycles. The molecule has 1 N–H and O–H groups in total. The predicted octanol–water partition coefficient (Wildman–Crippen LogP) is 4.00. The molecule has 0 aromatic heterocycles. The van der Waals surface area contributed by atoms with E-state index in [9.17, 15) is 0 Å². The van der Waals surface area contributed by atoms with Crippen molar-refractivity contribution in [1.82, 2.24) is 5.32 Å². The van der Waals surface area contributed by atoms with E-state index in [-0.39, 0.29) is 5.60 Å². The molecule has 108 valence electrons.